The van der Waals surface area contributed by atoms with Gasteiger partial charge >= 0.3 is 5.97 Å². The summed E-state index contributed by atoms with van der Waals surface area (Å²) in [6.07, 6.45) is 0. The molecule has 0 aliphatic heterocycles. The molecule has 26 heavy (non-hydrogen) atoms. The second-order valence-electron chi connectivity index (χ2n) is 5.43. The molecule has 0 aliphatic carbocycles. The average Bonchev–Trinajstić information content (AvgIpc) is 3.11. The molecule has 3 rings (SSSR count). The van der Waals surface area contributed by atoms with Crippen molar-refractivity contribution in [2.75, 3.05) is 0 Å². The maximum atomic E-state index is 11.8. The van der Waals surface area contributed by atoms with Crippen LogP contribution in [0.5, 0.6) is 0 Å². The number of nitrogens with two attached hydrogens (primary N) is 1. The Labute approximate surface area is 168 Å². The van der Waals surface area contributed by atoms with E-state index in [2.05, 4.69) is 0 Å². The fourth-order valence-corrected chi connectivity index (χ4v) is 3.50. The summed E-state index contributed by atoms with van der Waals surface area (Å²) in [6, 6.07) is 19.3. The van der Waals surface area contributed by atoms with Crippen LogP contribution in [0.4, 0.5) is 0 Å². The van der Waals surface area contributed by atoms with Crippen molar-refractivity contribution in [3.05, 3.63) is 82.7 Å². The van der Waals surface area contributed by atoms with Crippen LogP contribution in [0, 0.1) is 0 Å². The van der Waals surface area contributed by atoms with Crippen molar-refractivity contribution >= 4 is 42.1 Å². The van der Waals surface area contributed by atoms with Crippen LogP contribution in [0.1, 0.15) is 16.0 Å². The zero-order valence-electron chi connectivity index (χ0n) is 13.7. The Morgan fingerprint density at radius 3 is 2.00 bits per heavy atom. The molecule has 0 unspecified atom stereocenters. The van der Waals surface area contributed by atoms with Gasteiger partial charge in [0.05, 0.1) is 0 Å². The van der Waals surface area contributed by atoms with Crippen LogP contribution in [0.25, 0.3) is 10.4 Å². The monoisotopic (exact) mass is 411 g/mol. The Balaban J connectivity index is 0.00000169. The second-order valence-corrected chi connectivity index (χ2v) is 6.60. The molecule has 0 amide bonds. The van der Waals surface area contributed by atoms with E-state index in [0.29, 0.717) is 17.7 Å². The highest BCUT2D eigenvalue weighted by molar-refractivity contribution is 7.15. The summed E-state index contributed by atoms with van der Waals surface area (Å²) in [7, 11) is 0. The van der Waals surface area contributed by atoms with Gasteiger partial charge in [0, 0.05) is 16.3 Å². The number of aliphatic carboxylic acids is 1. The first kappa shape index (κ1) is 22.2. The fourth-order valence-electron chi connectivity index (χ4n) is 2.61. The van der Waals surface area contributed by atoms with E-state index >= 15 is 0 Å². The number of rotatable bonds is 5. The molecule has 1 atom stereocenters. The largest absolute Gasteiger partial charge is 0.479 e. The molecule has 0 spiro atoms. The van der Waals surface area contributed by atoms with Crippen molar-refractivity contribution in [3.63, 3.8) is 0 Å². The molecule has 1 aromatic heterocycles. The van der Waals surface area contributed by atoms with E-state index in [-0.39, 0.29) is 24.8 Å². The zero-order valence-corrected chi connectivity index (χ0v) is 16.1. The van der Waals surface area contributed by atoms with Crippen molar-refractivity contribution in [1.82, 2.24) is 0 Å². The van der Waals surface area contributed by atoms with E-state index < -0.39 is 11.6 Å². The van der Waals surface area contributed by atoms with Crippen molar-refractivity contribution in [2.24, 2.45) is 5.73 Å². The van der Waals surface area contributed by atoms with E-state index in [9.17, 15) is 15.0 Å². The van der Waals surface area contributed by atoms with Gasteiger partial charge in [-0.15, -0.1) is 36.2 Å². The minimum atomic E-state index is -2.07. The molecule has 4 nitrogen and oxygen atoms in total. The van der Waals surface area contributed by atoms with Gasteiger partial charge in [-0.1, -0.05) is 54.6 Å². The molecule has 0 radical (unpaired) electrons. The van der Waals surface area contributed by atoms with Crippen molar-refractivity contribution in [3.8, 4) is 10.4 Å². The minimum Gasteiger partial charge on any atom is -0.479 e. The van der Waals surface area contributed by atoms with E-state index in [1.165, 1.54) is 0 Å². The highest BCUT2D eigenvalue weighted by atomic mass is 35.5. The summed E-state index contributed by atoms with van der Waals surface area (Å²) >= 11 is 1.60. The summed E-state index contributed by atoms with van der Waals surface area (Å²) in [5, 5.41) is 20.4. The van der Waals surface area contributed by atoms with E-state index in [4.69, 9.17) is 5.73 Å². The van der Waals surface area contributed by atoms with E-state index in [1.54, 1.807) is 53.8 Å². The summed E-state index contributed by atoms with van der Waals surface area (Å²) in [5.41, 5.74) is 5.17. The van der Waals surface area contributed by atoms with Gasteiger partial charge in [-0.25, -0.2) is 4.79 Å². The standard InChI is InChI=1S/C19H17NO3S.2ClH/c20-12-16-10-11-17(24-16)13-6-8-15(9-7-13)19(23,18(21)22)14-4-2-1-3-5-14;;/h1-11,23H,12,20H2,(H,21,22);2*1H/t19-;;/m0../s1. The average molecular weight is 412 g/mol. The molecule has 4 N–H and O–H groups in total. The molecule has 0 fully saturated rings. The first-order valence-electron chi connectivity index (χ1n) is 7.46. The number of benzene rings is 2. The Morgan fingerprint density at radius 1 is 0.923 bits per heavy atom. The maximum absolute atomic E-state index is 11.8. The Hall–Kier alpha value is -1.89. The molecule has 7 heteroatoms. The molecule has 138 valence electrons. The number of halogens is 2. The maximum Gasteiger partial charge on any atom is 0.345 e. The van der Waals surface area contributed by atoms with Crippen LogP contribution in [0.3, 0.4) is 0 Å². The topological polar surface area (TPSA) is 83.5 Å². The normalized spacial score (nSPS) is 12.4. The third kappa shape index (κ3) is 4.09. The Bertz CT molecular complexity index is 853. The minimum absolute atomic E-state index is 0. The van der Waals surface area contributed by atoms with Crippen LogP contribution in [0.2, 0.25) is 0 Å². The second kappa shape index (κ2) is 9.16. The fraction of sp³-hybridized carbons (Fsp3) is 0.105. The van der Waals surface area contributed by atoms with Gasteiger partial charge in [0.2, 0.25) is 5.60 Å². The highest BCUT2D eigenvalue weighted by Crippen LogP contribution is 2.33. The smallest absolute Gasteiger partial charge is 0.345 e. The van der Waals surface area contributed by atoms with Crippen molar-refractivity contribution < 1.29 is 15.0 Å². The molecule has 1 heterocycles. The van der Waals surface area contributed by atoms with Crippen LogP contribution in [-0.4, -0.2) is 16.2 Å². The van der Waals surface area contributed by atoms with Gasteiger partial charge in [0.25, 0.3) is 0 Å². The Morgan fingerprint density at radius 2 is 1.50 bits per heavy atom. The van der Waals surface area contributed by atoms with Crippen molar-refractivity contribution in [1.29, 1.82) is 0 Å². The van der Waals surface area contributed by atoms with E-state index in [0.717, 1.165) is 15.3 Å². The summed E-state index contributed by atoms with van der Waals surface area (Å²) in [6.45, 7) is 0.496. The number of carboxylic acids is 1. The summed E-state index contributed by atoms with van der Waals surface area (Å²) in [4.78, 5) is 13.9. The molecule has 0 bridgehead atoms. The molecule has 0 saturated carbocycles. The lowest BCUT2D eigenvalue weighted by atomic mass is 9.86. The lowest BCUT2D eigenvalue weighted by Crippen LogP contribution is -2.36. The molecular weight excluding hydrogens is 393 g/mol. The first-order chi connectivity index (χ1) is 11.6. The lowest BCUT2D eigenvalue weighted by Gasteiger charge is -2.24. The number of carboxylic acid groups (broad SMARTS) is 1. The number of hydrogen-bond donors (Lipinski definition) is 3. The number of carbonyl (C=O) groups is 1. The van der Waals surface area contributed by atoms with Gasteiger partial charge in [0.15, 0.2) is 0 Å². The number of hydrogen-bond acceptors (Lipinski definition) is 4. The number of thiophene rings is 1. The molecule has 0 aliphatic rings. The van der Waals surface area contributed by atoms with Gasteiger partial charge in [-0.2, -0.15) is 0 Å². The van der Waals surface area contributed by atoms with Gasteiger partial charge in [-0.05, 0) is 28.8 Å². The highest BCUT2D eigenvalue weighted by Gasteiger charge is 2.39. The van der Waals surface area contributed by atoms with Gasteiger partial charge < -0.3 is 15.9 Å². The third-order valence-electron chi connectivity index (χ3n) is 3.95. The van der Waals surface area contributed by atoms with Gasteiger partial charge in [0.1, 0.15) is 0 Å². The SMILES string of the molecule is Cl.Cl.NCc1ccc(-c2ccc([C@](O)(C(=O)O)c3ccccc3)cc2)s1. The lowest BCUT2D eigenvalue weighted by molar-refractivity contribution is -0.155. The van der Waals surface area contributed by atoms with Gasteiger partial charge in [-0.3, -0.25) is 0 Å². The molecule has 3 aromatic rings. The van der Waals surface area contributed by atoms with Crippen LogP contribution < -0.4 is 5.73 Å². The molecule has 2 aromatic carbocycles. The molecule has 0 saturated heterocycles. The predicted molar refractivity (Wildman–Crippen MR) is 109 cm³/mol. The van der Waals surface area contributed by atoms with Crippen LogP contribution >= 0.6 is 36.2 Å². The van der Waals surface area contributed by atoms with Crippen LogP contribution in [0.15, 0.2) is 66.7 Å². The zero-order chi connectivity index (χ0) is 17.2. The quantitative estimate of drug-likeness (QED) is 0.591. The predicted octanol–water partition coefficient (Wildman–Crippen LogP) is 4.04. The first-order valence-corrected chi connectivity index (χ1v) is 8.28. The number of aliphatic hydroxyl groups is 1. The Kier molecular flexibility index (Phi) is 7.81. The third-order valence-corrected chi connectivity index (χ3v) is 5.11. The van der Waals surface area contributed by atoms with E-state index in [1.807, 2.05) is 24.3 Å². The molecular formula is C19H19Cl2NO3S. The van der Waals surface area contributed by atoms with Crippen LogP contribution in [-0.2, 0) is 16.9 Å². The van der Waals surface area contributed by atoms with Crippen molar-refractivity contribution in [2.45, 2.75) is 12.1 Å². The summed E-state index contributed by atoms with van der Waals surface area (Å²) in [5.74, 6) is -1.30. The summed E-state index contributed by atoms with van der Waals surface area (Å²) < 4.78 is 0.